The number of carbonyl (C=O) groups excluding carboxylic acids is 1. The number of amides is 1. The number of carbonyl (C=O) groups is 1. The molecule has 2 aliphatic rings. The summed E-state index contributed by atoms with van der Waals surface area (Å²) in [5.41, 5.74) is 0.0370. The second-order valence-corrected chi connectivity index (χ2v) is 7.87. The Morgan fingerprint density at radius 2 is 1.76 bits per heavy atom. The van der Waals surface area contributed by atoms with E-state index >= 15 is 0 Å². The van der Waals surface area contributed by atoms with Gasteiger partial charge in [-0.25, -0.2) is 0 Å². The van der Waals surface area contributed by atoms with Crippen molar-refractivity contribution in [2.75, 3.05) is 6.54 Å². The van der Waals surface area contributed by atoms with E-state index in [1.807, 2.05) is 30.3 Å². The summed E-state index contributed by atoms with van der Waals surface area (Å²) < 4.78 is 30.1. The SMILES string of the molecule is O=C(c1ccccc1OC(F)F)N1CC[C@@](O)(c2ccccc2)[C@H]2CCCC[C@H]21. The van der Waals surface area contributed by atoms with Crippen LogP contribution >= 0.6 is 0 Å². The molecule has 2 fully saturated rings. The molecular formula is C23H25F2NO3. The van der Waals surface area contributed by atoms with Gasteiger partial charge in [-0.1, -0.05) is 55.3 Å². The predicted octanol–water partition coefficient (Wildman–Crippen LogP) is 4.58. The van der Waals surface area contributed by atoms with Crippen molar-refractivity contribution in [3.63, 3.8) is 0 Å². The molecule has 2 aromatic rings. The highest BCUT2D eigenvalue weighted by Gasteiger charge is 2.50. The smallest absolute Gasteiger partial charge is 0.387 e. The Morgan fingerprint density at radius 3 is 2.52 bits per heavy atom. The highest BCUT2D eigenvalue weighted by Crippen LogP contribution is 2.47. The molecular weight excluding hydrogens is 376 g/mol. The van der Waals surface area contributed by atoms with Gasteiger partial charge in [-0.3, -0.25) is 4.79 Å². The van der Waals surface area contributed by atoms with Crippen molar-refractivity contribution in [1.29, 1.82) is 0 Å². The molecule has 0 unspecified atom stereocenters. The molecule has 0 radical (unpaired) electrons. The van der Waals surface area contributed by atoms with Crippen LogP contribution in [0.4, 0.5) is 8.78 Å². The minimum absolute atomic E-state index is 0.0838. The Labute approximate surface area is 169 Å². The summed E-state index contributed by atoms with van der Waals surface area (Å²) in [5.74, 6) is -0.503. The molecule has 1 heterocycles. The summed E-state index contributed by atoms with van der Waals surface area (Å²) >= 11 is 0. The number of piperidine rings is 1. The molecule has 4 nitrogen and oxygen atoms in total. The van der Waals surface area contributed by atoms with Gasteiger partial charge in [-0.2, -0.15) is 8.78 Å². The summed E-state index contributed by atoms with van der Waals surface area (Å²) in [6.45, 7) is -2.62. The van der Waals surface area contributed by atoms with Crippen molar-refractivity contribution in [3.05, 3.63) is 65.7 Å². The van der Waals surface area contributed by atoms with E-state index < -0.39 is 12.2 Å². The molecule has 0 bridgehead atoms. The molecule has 4 rings (SSSR count). The molecule has 2 aromatic carbocycles. The van der Waals surface area contributed by atoms with E-state index in [0.29, 0.717) is 13.0 Å². The second-order valence-electron chi connectivity index (χ2n) is 7.87. The fourth-order valence-corrected chi connectivity index (χ4v) is 5.02. The van der Waals surface area contributed by atoms with E-state index in [2.05, 4.69) is 4.74 Å². The van der Waals surface area contributed by atoms with Gasteiger partial charge in [0.15, 0.2) is 0 Å². The molecule has 154 valence electrons. The second kappa shape index (κ2) is 8.11. The third-order valence-corrected chi connectivity index (χ3v) is 6.35. The van der Waals surface area contributed by atoms with E-state index in [-0.39, 0.29) is 29.2 Å². The van der Waals surface area contributed by atoms with Gasteiger partial charge in [0.2, 0.25) is 0 Å². The summed E-state index contributed by atoms with van der Waals surface area (Å²) in [5, 5.41) is 11.6. The minimum Gasteiger partial charge on any atom is -0.434 e. The highest BCUT2D eigenvalue weighted by atomic mass is 19.3. The molecule has 0 aromatic heterocycles. The van der Waals surface area contributed by atoms with Crippen LogP contribution in [0.3, 0.4) is 0 Å². The van der Waals surface area contributed by atoms with Crippen LogP contribution in [0.15, 0.2) is 54.6 Å². The van der Waals surface area contributed by atoms with E-state index in [1.54, 1.807) is 17.0 Å². The molecule has 1 amide bonds. The molecule has 1 saturated carbocycles. The van der Waals surface area contributed by atoms with E-state index in [0.717, 1.165) is 31.2 Å². The summed E-state index contributed by atoms with van der Waals surface area (Å²) in [6, 6.07) is 15.6. The average Bonchev–Trinajstić information content (AvgIpc) is 2.74. The van der Waals surface area contributed by atoms with Gasteiger partial charge in [-0.15, -0.1) is 0 Å². The third kappa shape index (κ3) is 3.73. The van der Waals surface area contributed by atoms with Gasteiger partial charge in [0.1, 0.15) is 5.75 Å². The molecule has 29 heavy (non-hydrogen) atoms. The van der Waals surface area contributed by atoms with Crippen molar-refractivity contribution in [1.82, 2.24) is 4.90 Å². The van der Waals surface area contributed by atoms with E-state index in [1.165, 1.54) is 12.1 Å². The van der Waals surface area contributed by atoms with Crippen LogP contribution in [0, 0.1) is 5.92 Å². The lowest BCUT2D eigenvalue weighted by molar-refractivity contribution is -0.110. The maximum absolute atomic E-state index is 13.3. The fraction of sp³-hybridized carbons (Fsp3) is 0.435. The molecule has 3 atom stereocenters. The lowest BCUT2D eigenvalue weighted by atomic mass is 9.66. The summed E-state index contributed by atoms with van der Waals surface area (Å²) in [6.07, 6.45) is 4.02. The van der Waals surface area contributed by atoms with Gasteiger partial charge in [0.05, 0.1) is 11.2 Å². The quantitative estimate of drug-likeness (QED) is 0.816. The van der Waals surface area contributed by atoms with Crippen LogP contribution in [0.25, 0.3) is 0 Å². The Bertz CT molecular complexity index is 860. The van der Waals surface area contributed by atoms with Crippen LogP contribution in [0.5, 0.6) is 5.75 Å². The molecule has 1 aliphatic carbocycles. The molecule has 6 heteroatoms. The zero-order valence-corrected chi connectivity index (χ0v) is 16.1. The van der Waals surface area contributed by atoms with Crippen LogP contribution in [0.2, 0.25) is 0 Å². The third-order valence-electron chi connectivity index (χ3n) is 6.35. The first-order valence-corrected chi connectivity index (χ1v) is 10.1. The van der Waals surface area contributed by atoms with Crippen molar-refractivity contribution >= 4 is 5.91 Å². The highest BCUT2D eigenvalue weighted by molar-refractivity contribution is 5.97. The van der Waals surface area contributed by atoms with Gasteiger partial charge in [0, 0.05) is 18.5 Å². The minimum atomic E-state index is -2.99. The maximum atomic E-state index is 13.3. The number of likely N-dealkylation sites (tertiary alicyclic amines) is 1. The van der Waals surface area contributed by atoms with Crippen molar-refractivity contribution in [2.45, 2.75) is 50.4 Å². The Kier molecular flexibility index (Phi) is 5.54. The number of nitrogens with zero attached hydrogens (tertiary/aromatic N) is 1. The Balaban J connectivity index is 1.65. The number of alkyl halides is 2. The van der Waals surface area contributed by atoms with Crippen LogP contribution in [-0.2, 0) is 5.60 Å². The number of ether oxygens (including phenoxy) is 1. The van der Waals surface area contributed by atoms with Gasteiger partial charge < -0.3 is 14.7 Å². The van der Waals surface area contributed by atoms with Crippen LogP contribution in [0.1, 0.15) is 48.0 Å². The first-order valence-electron chi connectivity index (χ1n) is 10.1. The van der Waals surface area contributed by atoms with E-state index in [9.17, 15) is 18.7 Å². The van der Waals surface area contributed by atoms with Crippen LogP contribution < -0.4 is 4.74 Å². The number of fused-ring (bicyclic) bond motifs is 1. The number of benzene rings is 2. The average molecular weight is 401 g/mol. The number of para-hydroxylation sites is 1. The summed E-state index contributed by atoms with van der Waals surface area (Å²) in [7, 11) is 0. The first kappa shape index (κ1) is 19.8. The van der Waals surface area contributed by atoms with Gasteiger partial charge in [-0.05, 0) is 37.0 Å². The van der Waals surface area contributed by atoms with Crippen molar-refractivity contribution < 1.29 is 23.4 Å². The number of rotatable bonds is 4. The molecule has 0 spiro atoms. The van der Waals surface area contributed by atoms with Gasteiger partial charge >= 0.3 is 6.61 Å². The predicted molar refractivity (Wildman–Crippen MR) is 105 cm³/mol. The Morgan fingerprint density at radius 1 is 1.07 bits per heavy atom. The zero-order valence-electron chi connectivity index (χ0n) is 16.1. The lowest BCUT2D eigenvalue weighted by Gasteiger charge is -2.52. The van der Waals surface area contributed by atoms with Gasteiger partial charge in [0.25, 0.3) is 5.91 Å². The van der Waals surface area contributed by atoms with Crippen molar-refractivity contribution in [2.24, 2.45) is 5.92 Å². The molecule has 1 N–H and O–H groups in total. The number of aliphatic hydroxyl groups is 1. The van der Waals surface area contributed by atoms with E-state index in [4.69, 9.17) is 0 Å². The Hall–Kier alpha value is -2.47. The number of hydrogen-bond acceptors (Lipinski definition) is 3. The molecule has 1 saturated heterocycles. The summed E-state index contributed by atoms with van der Waals surface area (Å²) in [4.78, 5) is 15.1. The standard InChI is InChI=1S/C23H25F2NO3/c24-22(25)29-20-13-7-4-10-17(20)21(27)26-15-14-23(28,16-8-2-1-3-9-16)18-11-5-6-12-19(18)26/h1-4,7-10,13,18-19,22,28H,5-6,11-12,14-15H2/t18-,19+,23+/m0/s1. The maximum Gasteiger partial charge on any atom is 0.387 e. The monoisotopic (exact) mass is 401 g/mol. The van der Waals surface area contributed by atoms with Crippen molar-refractivity contribution in [3.8, 4) is 5.75 Å². The number of hydrogen-bond donors (Lipinski definition) is 1. The van der Waals surface area contributed by atoms with Crippen LogP contribution in [-0.4, -0.2) is 35.1 Å². The molecule has 1 aliphatic heterocycles. The normalized spacial score (nSPS) is 26.8. The number of halogens is 2. The zero-order chi connectivity index (χ0) is 20.4. The largest absolute Gasteiger partial charge is 0.434 e. The topological polar surface area (TPSA) is 49.8 Å². The lowest BCUT2D eigenvalue weighted by Crippen LogP contribution is -2.59. The fourth-order valence-electron chi connectivity index (χ4n) is 5.02. The first-order chi connectivity index (χ1) is 14.0.